The van der Waals surface area contributed by atoms with Gasteiger partial charge in [-0.05, 0) is 6.07 Å². The van der Waals surface area contributed by atoms with Crippen LogP contribution in [0, 0.1) is 11.7 Å². The van der Waals surface area contributed by atoms with Crippen LogP contribution in [0.4, 0.5) is 17.6 Å². The Hall–Kier alpha value is -1.14. The molecule has 1 saturated carbocycles. The van der Waals surface area contributed by atoms with E-state index in [9.17, 15) is 17.6 Å². The quantitative estimate of drug-likeness (QED) is 0.838. The first-order valence-corrected chi connectivity index (χ1v) is 6.10. The highest BCUT2D eigenvalue weighted by Gasteiger charge is 2.61. The Morgan fingerprint density at radius 1 is 1.26 bits per heavy atom. The second kappa shape index (κ2) is 4.18. The summed E-state index contributed by atoms with van der Waals surface area (Å²) in [5.74, 6) is -4.28. The van der Waals surface area contributed by atoms with Gasteiger partial charge in [-0.2, -0.15) is 5.48 Å². The summed E-state index contributed by atoms with van der Waals surface area (Å²) in [5.41, 5.74) is 0.995. The van der Waals surface area contributed by atoms with E-state index < -0.39 is 48.8 Å². The summed E-state index contributed by atoms with van der Waals surface area (Å²) in [5, 5.41) is 0. The predicted octanol–water partition coefficient (Wildman–Crippen LogP) is 2.94. The number of fused-ring (bicyclic) bond motifs is 1. The zero-order valence-electron chi connectivity index (χ0n) is 10.0. The van der Waals surface area contributed by atoms with E-state index in [-0.39, 0.29) is 5.56 Å². The molecule has 1 N–H and O–H groups in total. The van der Waals surface area contributed by atoms with Crippen molar-refractivity contribution in [3.8, 4) is 0 Å². The number of rotatable bonds is 2. The van der Waals surface area contributed by atoms with Gasteiger partial charge in [-0.1, -0.05) is 18.2 Å². The van der Waals surface area contributed by atoms with Crippen molar-refractivity contribution in [2.75, 3.05) is 6.67 Å². The van der Waals surface area contributed by atoms with Gasteiger partial charge in [0.15, 0.2) is 0 Å². The number of alkyl halides is 3. The molecule has 2 fully saturated rings. The van der Waals surface area contributed by atoms with E-state index in [0.29, 0.717) is 0 Å². The minimum atomic E-state index is -2.89. The monoisotopic (exact) mass is 275 g/mol. The molecular formula is C13H13F4NO. The summed E-state index contributed by atoms with van der Waals surface area (Å²) in [6.07, 6.45) is -1.74. The second-order valence-electron chi connectivity index (χ2n) is 5.21. The standard InChI is InChI=1S/C13H13F4NO/c14-7-13(8-3-1-2-4-10(8)15)9-5-12(16,17)6-11(9)19-18-13/h1-4,9,11,18H,5-7H2/t9?,11-,13-/m1/s1. The van der Waals surface area contributed by atoms with E-state index in [1.807, 2.05) is 0 Å². The zero-order valence-corrected chi connectivity index (χ0v) is 10.0. The van der Waals surface area contributed by atoms with Crippen LogP contribution in [-0.2, 0) is 10.4 Å². The van der Waals surface area contributed by atoms with Crippen molar-refractivity contribution in [2.45, 2.75) is 30.4 Å². The lowest BCUT2D eigenvalue weighted by Crippen LogP contribution is -2.45. The molecule has 6 heteroatoms. The molecule has 0 aromatic heterocycles. The number of benzene rings is 1. The van der Waals surface area contributed by atoms with Gasteiger partial charge in [0.25, 0.3) is 5.92 Å². The average Bonchev–Trinajstić information content (AvgIpc) is 2.84. The smallest absolute Gasteiger partial charge is 0.251 e. The van der Waals surface area contributed by atoms with Crippen LogP contribution in [-0.4, -0.2) is 18.7 Å². The summed E-state index contributed by atoms with van der Waals surface area (Å²) < 4.78 is 54.3. The van der Waals surface area contributed by atoms with Crippen LogP contribution in [0.15, 0.2) is 24.3 Å². The molecule has 1 aliphatic heterocycles. The van der Waals surface area contributed by atoms with Crippen molar-refractivity contribution in [1.29, 1.82) is 0 Å². The fourth-order valence-electron chi connectivity index (χ4n) is 3.12. The van der Waals surface area contributed by atoms with Gasteiger partial charge in [-0.15, -0.1) is 0 Å². The van der Waals surface area contributed by atoms with Gasteiger partial charge in [0.05, 0.1) is 6.10 Å². The number of halogens is 4. The minimum absolute atomic E-state index is 0.0442. The Morgan fingerprint density at radius 3 is 2.68 bits per heavy atom. The lowest BCUT2D eigenvalue weighted by molar-refractivity contribution is -0.0554. The lowest BCUT2D eigenvalue weighted by atomic mass is 9.78. The van der Waals surface area contributed by atoms with E-state index in [0.717, 1.165) is 0 Å². The summed E-state index contributed by atoms with van der Waals surface area (Å²) in [6.45, 7) is -0.995. The van der Waals surface area contributed by atoms with E-state index >= 15 is 0 Å². The van der Waals surface area contributed by atoms with E-state index in [4.69, 9.17) is 4.84 Å². The molecule has 2 aliphatic rings. The fourth-order valence-corrected chi connectivity index (χ4v) is 3.12. The van der Waals surface area contributed by atoms with Crippen LogP contribution in [0.1, 0.15) is 18.4 Å². The molecule has 0 radical (unpaired) electrons. The number of hydrogen-bond donors (Lipinski definition) is 1. The number of nitrogens with one attached hydrogen (secondary N) is 1. The molecule has 0 bridgehead atoms. The van der Waals surface area contributed by atoms with Crippen molar-refractivity contribution in [3.05, 3.63) is 35.6 Å². The van der Waals surface area contributed by atoms with Gasteiger partial charge < -0.3 is 0 Å². The van der Waals surface area contributed by atoms with Crippen LogP contribution in [0.25, 0.3) is 0 Å². The number of hydroxylamine groups is 1. The molecule has 1 heterocycles. The van der Waals surface area contributed by atoms with E-state index in [1.165, 1.54) is 18.2 Å². The van der Waals surface area contributed by atoms with Crippen LogP contribution in [0.3, 0.4) is 0 Å². The zero-order chi connectivity index (χ0) is 13.7. The third-order valence-corrected chi connectivity index (χ3v) is 4.06. The first kappa shape index (κ1) is 12.9. The molecule has 19 heavy (non-hydrogen) atoms. The molecular weight excluding hydrogens is 262 g/mol. The lowest BCUT2D eigenvalue weighted by Gasteiger charge is -2.31. The Balaban J connectivity index is 2.04. The molecule has 1 aromatic rings. The van der Waals surface area contributed by atoms with Crippen LogP contribution < -0.4 is 5.48 Å². The van der Waals surface area contributed by atoms with Gasteiger partial charge in [0, 0.05) is 24.3 Å². The Bertz CT molecular complexity index is 495. The van der Waals surface area contributed by atoms with Gasteiger partial charge in [0.2, 0.25) is 0 Å². The molecule has 0 spiro atoms. The predicted molar refractivity (Wildman–Crippen MR) is 59.7 cm³/mol. The van der Waals surface area contributed by atoms with Crippen molar-refractivity contribution in [3.63, 3.8) is 0 Å². The SMILES string of the molecule is FC[C@]1(c2ccccc2F)NO[C@@H]2CC(F)(F)CC21. The van der Waals surface area contributed by atoms with E-state index in [1.54, 1.807) is 6.07 Å². The summed E-state index contributed by atoms with van der Waals surface area (Å²) in [4.78, 5) is 5.09. The van der Waals surface area contributed by atoms with Crippen molar-refractivity contribution >= 4 is 0 Å². The van der Waals surface area contributed by atoms with Gasteiger partial charge >= 0.3 is 0 Å². The van der Waals surface area contributed by atoms with Crippen molar-refractivity contribution in [1.82, 2.24) is 5.48 Å². The minimum Gasteiger partial charge on any atom is -0.297 e. The number of hydrogen-bond acceptors (Lipinski definition) is 2. The maximum Gasteiger partial charge on any atom is 0.251 e. The van der Waals surface area contributed by atoms with Gasteiger partial charge in [0.1, 0.15) is 18.0 Å². The summed E-state index contributed by atoms with van der Waals surface area (Å²) >= 11 is 0. The first-order valence-electron chi connectivity index (χ1n) is 6.10. The highest BCUT2D eigenvalue weighted by Crippen LogP contribution is 2.52. The van der Waals surface area contributed by atoms with Gasteiger partial charge in [-0.3, -0.25) is 4.84 Å². The van der Waals surface area contributed by atoms with Crippen LogP contribution >= 0.6 is 0 Å². The third-order valence-electron chi connectivity index (χ3n) is 4.06. The Kier molecular flexibility index (Phi) is 2.83. The highest BCUT2D eigenvalue weighted by atomic mass is 19.3. The van der Waals surface area contributed by atoms with Crippen LogP contribution in [0.2, 0.25) is 0 Å². The molecule has 104 valence electrons. The summed E-state index contributed by atoms with van der Waals surface area (Å²) in [7, 11) is 0. The molecule has 1 saturated heterocycles. The molecule has 1 aliphatic carbocycles. The van der Waals surface area contributed by atoms with E-state index in [2.05, 4.69) is 5.48 Å². The molecule has 1 aromatic carbocycles. The molecule has 2 nitrogen and oxygen atoms in total. The van der Waals surface area contributed by atoms with Gasteiger partial charge in [-0.25, -0.2) is 17.6 Å². The Labute approximate surface area is 107 Å². The first-order chi connectivity index (χ1) is 8.98. The largest absolute Gasteiger partial charge is 0.297 e. The topological polar surface area (TPSA) is 21.3 Å². The summed E-state index contributed by atoms with van der Waals surface area (Å²) in [6, 6.07) is 5.62. The molecule has 1 unspecified atom stereocenters. The fraction of sp³-hybridized carbons (Fsp3) is 0.538. The van der Waals surface area contributed by atoms with Crippen molar-refractivity contribution < 1.29 is 22.4 Å². The highest BCUT2D eigenvalue weighted by molar-refractivity contribution is 5.30. The van der Waals surface area contributed by atoms with Crippen molar-refractivity contribution in [2.24, 2.45) is 5.92 Å². The maximum absolute atomic E-state index is 13.9. The van der Waals surface area contributed by atoms with Crippen LogP contribution in [0.5, 0.6) is 0 Å². The third kappa shape index (κ3) is 1.85. The second-order valence-corrected chi connectivity index (χ2v) is 5.21. The maximum atomic E-state index is 13.9. The molecule has 3 rings (SSSR count). The molecule has 0 amide bonds. The Morgan fingerprint density at radius 2 is 2.00 bits per heavy atom. The molecule has 3 atom stereocenters. The normalized spacial score (nSPS) is 36.4. The average molecular weight is 275 g/mol.